The molecule has 0 bridgehead atoms. The van der Waals surface area contributed by atoms with E-state index in [0.29, 0.717) is 40.7 Å². The Morgan fingerprint density at radius 3 is 2.84 bits per heavy atom. The zero-order valence-electron chi connectivity index (χ0n) is 17.2. The number of halogens is 1. The summed E-state index contributed by atoms with van der Waals surface area (Å²) in [6, 6.07) is 2.43. The highest BCUT2D eigenvalue weighted by molar-refractivity contribution is 5.93. The number of esters is 1. The lowest BCUT2D eigenvalue weighted by Crippen LogP contribution is -2.44. The Morgan fingerprint density at radius 1 is 1.31 bits per heavy atom. The summed E-state index contributed by atoms with van der Waals surface area (Å²) in [4.78, 5) is 30.3. The summed E-state index contributed by atoms with van der Waals surface area (Å²) in [5.74, 6) is -1.94. The first-order chi connectivity index (χ1) is 15.3. The molecule has 164 valence electrons. The van der Waals surface area contributed by atoms with E-state index in [1.54, 1.807) is 13.0 Å². The van der Waals surface area contributed by atoms with Crippen LogP contribution >= 0.6 is 0 Å². The number of ether oxygens (including phenoxy) is 1. The number of fused-ring (bicyclic) bond motifs is 5. The molecule has 0 spiro atoms. The molecule has 0 fully saturated rings. The second-order valence-electron chi connectivity index (χ2n) is 8.68. The fourth-order valence-corrected chi connectivity index (χ4v) is 5.41. The molecule has 2 aromatic heterocycles. The third-order valence-electron chi connectivity index (χ3n) is 7.12. The predicted octanol–water partition coefficient (Wildman–Crippen LogP) is 1.87. The molecule has 2 aliphatic heterocycles. The van der Waals surface area contributed by atoms with Crippen molar-refractivity contribution in [3.63, 3.8) is 0 Å². The number of aliphatic hydroxyl groups is 1. The normalized spacial score (nSPS) is 23.0. The van der Waals surface area contributed by atoms with Crippen LogP contribution in [-0.2, 0) is 34.7 Å². The highest BCUT2D eigenvalue weighted by Gasteiger charge is 2.45. The molecule has 0 saturated heterocycles. The Bertz CT molecular complexity index is 1450. The Labute approximate surface area is 181 Å². The van der Waals surface area contributed by atoms with E-state index >= 15 is 0 Å². The van der Waals surface area contributed by atoms with E-state index in [2.05, 4.69) is 4.98 Å². The van der Waals surface area contributed by atoms with Gasteiger partial charge >= 0.3 is 5.97 Å². The van der Waals surface area contributed by atoms with Crippen molar-refractivity contribution in [1.29, 1.82) is 0 Å². The molecule has 32 heavy (non-hydrogen) atoms. The van der Waals surface area contributed by atoms with Crippen molar-refractivity contribution >= 4 is 16.9 Å². The van der Waals surface area contributed by atoms with E-state index in [9.17, 15) is 24.2 Å². The van der Waals surface area contributed by atoms with Gasteiger partial charge in [-0.25, -0.2) is 14.2 Å². The summed E-state index contributed by atoms with van der Waals surface area (Å²) in [5, 5.41) is 21.9. The zero-order valence-corrected chi connectivity index (χ0v) is 17.2. The fraction of sp³-hybridized carbons (Fsp3) is 0.348. The van der Waals surface area contributed by atoms with Crippen LogP contribution in [0.3, 0.4) is 0 Å². The number of aryl methyl sites for hydroxylation is 1. The molecule has 0 radical (unpaired) electrons. The molecule has 3 aliphatic rings. The molecule has 0 amide bonds. The summed E-state index contributed by atoms with van der Waals surface area (Å²) < 4.78 is 21.0. The number of aromatic nitrogens is 2. The number of benzene rings is 1. The van der Waals surface area contributed by atoms with Crippen molar-refractivity contribution in [3.8, 4) is 17.1 Å². The molecule has 4 heterocycles. The van der Waals surface area contributed by atoms with Crippen LogP contribution in [0, 0.1) is 5.82 Å². The quantitative estimate of drug-likeness (QED) is 0.388. The number of cyclic esters (lactones) is 1. The number of carbonyl (C=O) groups excluding carboxylic acids is 1. The topological polar surface area (TPSA) is 128 Å². The maximum Gasteiger partial charge on any atom is 0.343 e. The number of phenolic OH excluding ortho intramolecular Hbond substituents is 1. The van der Waals surface area contributed by atoms with Gasteiger partial charge in [-0.3, -0.25) is 4.79 Å². The molecule has 3 aromatic rings. The molecule has 9 heteroatoms. The van der Waals surface area contributed by atoms with Gasteiger partial charge in [0.1, 0.15) is 6.61 Å². The zero-order chi connectivity index (χ0) is 22.5. The molecule has 1 aliphatic carbocycles. The average Bonchev–Trinajstić information content (AvgIpc) is 3.14. The first-order valence-electron chi connectivity index (χ1n) is 10.6. The monoisotopic (exact) mass is 437 g/mol. The van der Waals surface area contributed by atoms with Crippen LogP contribution in [-0.4, -0.2) is 25.7 Å². The van der Waals surface area contributed by atoms with Crippen LogP contribution in [0.5, 0.6) is 5.75 Å². The van der Waals surface area contributed by atoms with E-state index in [-0.39, 0.29) is 48.0 Å². The minimum Gasteiger partial charge on any atom is -0.505 e. The van der Waals surface area contributed by atoms with Crippen molar-refractivity contribution < 1.29 is 24.1 Å². The van der Waals surface area contributed by atoms with Gasteiger partial charge in [-0.15, -0.1) is 0 Å². The van der Waals surface area contributed by atoms with Crippen molar-refractivity contribution in [2.45, 2.75) is 51.0 Å². The number of aromatic hydroxyl groups is 1. The summed E-state index contributed by atoms with van der Waals surface area (Å²) in [7, 11) is 0. The van der Waals surface area contributed by atoms with Crippen molar-refractivity contribution in [2.24, 2.45) is 5.73 Å². The molecule has 1 aromatic carbocycles. The largest absolute Gasteiger partial charge is 0.505 e. The highest BCUT2D eigenvalue weighted by atomic mass is 19.1. The van der Waals surface area contributed by atoms with Gasteiger partial charge in [0.2, 0.25) is 0 Å². The van der Waals surface area contributed by atoms with Gasteiger partial charge in [0.15, 0.2) is 17.2 Å². The van der Waals surface area contributed by atoms with Crippen molar-refractivity contribution in [1.82, 2.24) is 9.55 Å². The van der Waals surface area contributed by atoms with Crippen LogP contribution in [0.2, 0.25) is 0 Å². The second-order valence-corrected chi connectivity index (χ2v) is 8.68. The molecular weight excluding hydrogens is 417 g/mol. The van der Waals surface area contributed by atoms with Gasteiger partial charge in [-0.2, -0.15) is 0 Å². The molecule has 4 N–H and O–H groups in total. The van der Waals surface area contributed by atoms with Crippen LogP contribution < -0.4 is 11.3 Å². The minimum atomic E-state index is -1.92. The smallest absolute Gasteiger partial charge is 0.343 e. The predicted molar refractivity (Wildman–Crippen MR) is 111 cm³/mol. The number of pyridine rings is 2. The fourth-order valence-electron chi connectivity index (χ4n) is 5.41. The lowest BCUT2D eigenvalue weighted by atomic mass is 9.83. The molecule has 0 saturated carbocycles. The van der Waals surface area contributed by atoms with E-state index in [4.69, 9.17) is 10.5 Å². The molecule has 8 nitrogen and oxygen atoms in total. The number of nitrogens with zero attached hydrogens (tertiary/aromatic N) is 2. The Hall–Kier alpha value is -3.30. The van der Waals surface area contributed by atoms with Gasteiger partial charge in [0.05, 0.1) is 29.0 Å². The van der Waals surface area contributed by atoms with Gasteiger partial charge in [0, 0.05) is 34.2 Å². The van der Waals surface area contributed by atoms with Crippen molar-refractivity contribution in [2.75, 3.05) is 0 Å². The highest BCUT2D eigenvalue weighted by Crippen LogP contribution is 2.46. The lowest BCUT2D eigenvalue weighted by molar-refractivity contribution is -0.172. The van der Waals surface area contributed by atoms with Crippen LogP contribution in [0.15, 0.2) is 16.9 Å². The number of hydrogen-bond acceptors (Lipinski definition) is 7. The lowest BCUT2D eigenvalue weighted by Gasteiger charge is -2.31. The third kappa shape index (κ3) is 2.19. The van der Waals surface area contributed by atoms with Crippen LogP contribution in [0.4, 0.5) is 4.39 Å². The Balaban J connectivity index is 1.70. The average molecular weight is 437 g/mol. The molecule has 2 atom stereocenters. The summed E-state index contributed by atoms with van der Waals surface area (Å²) in [6.45, 7) is 1.64. The van der Waals surface area contributed by atoms with Crippen LogP contribution in [0.1, 0.15) is 53.6 Å². The van der Waals surface area contributed by atoms with E-state index in [1.807, 2.05) is 0 Å². The maximum absolute atomic E-state index is 14.4. The standard InChI is InChI=1S/C23H20FN3O5/c1-2-23(31)12-5-16-19-10(7-27(16)21(29)11(12)8-32-22(23)30)17-14(25)4-3-9-18(17)15(26-19)6-13(24)20(9)28/h5-6,14,28,31H,2-4,7-8,25H2,1H3/t14-,23-/m0/s1. The number of phenols is 1. The SMILES string of the molecule is CC[C@@]1(O)C(=O)OCc2c1cc1n(c2=O)Cc2c-1nc1cc(F)c(O)c3c1c2[C@@H](N)CC3. The van der Waals surface area contributed by atoms with Gasteiger partial charge < -0.3 is 25.3 Å². The molecule has 6 rings (SSSR count). The van der Waals surface area contributed by atoms with E-state index in [1.165, 1.54) is 10.6 Å². The van der Waals surface area contributed by atoms with Gasteiger partial charge in [-0.05, 0) is 30.9 Å². The number of carbonyl (C=O) groups is 1. The minimum absolute atomic E-state index is 0.0453. The Morgan fingerprint density at radius 2 is 2.09 bits per heavy atom. The molecule has 0 unspecified atom stereocenters. The Kier molecular flexibility index (Phi) is 3.72. The molecular formula is C23H20FN3O5. The number of rotatable bonds is 1. The van der Waals surface area contributed by atoms with E-state index in [0.717, 1.165) is 11.1 Å². The second kappa shape index (κ2) is 6.14. The van der Waals surface area contributed by atoms with Crippen molar-refractivity contribution in [3.05, 3.63) is 56.1 Å². The van der Waals surface area contributed by atoms with Crippen LogP contribution in [0.25, 0.3) is 22.3 Å². The summed E-state index contributed by atoms with van der Waals surface area (Å²) in [5.41, 5.74) is 7.85. The maximum atomic E-state index is 14.4. The number of nitrogens with two attached hydrogens (primary N) is 1. The summed E-state index contributed by atoms with van der Waals surface area (Å²) in [6.07, 6.45) is 0.998. The third-order valence-corrected chi connectivity index (χ3v) is 7.12. The van der Waals surface area contributed by atoms with Gasteiger partial charge in [-0.1, -0.05) is 6.92 Å². The van der Waals surface area contributed by atoms with Gasteiger partial charge in [0.25, 0.3) is 5.56 Å². The summed E-state index contributed by atoms with van der Waals surface area (Å²) >= 11 is 0. The first-order valence-corrected chi connectivity index (χ1v) is 10.6. The number of hydrogen-bond donors (Lipinski definition) is 3. The first kappa shape index (κ1) is 19.4. The van der Waals surface area contributed by atoms with E-state index < -0.39 is 17.4 Å².